The molecule has 0 saturated carbocycles. The lowest BCUT2D eigenvalue weighted by atomic mass is 9.84. The molecule has 74 valence electrons. The third-order valence-electron chi connectivity index (χ3n) is 2.15. The molecule has 4 heteroatoms. The second kappa shape index (κ2) is 3.70. The van der Waals surface area contributed by atoms with Crippen molar-refractivity contribution in [1.82, 2.24) is 0 Å². The summed E-state index contributed by atoms with van der Waals surface area (Å²) in [6, 6.07) is 3.03. The summed E-state index contributed by atoms with van der Waals surface area (Å²) in [5.41, 5.74) is 5.48. The second-order valence-electron chi connectivity index (χ2n) is 3.77. The van der Waals surface area contributed by atoms with E-state index in [1.165, 1.54) is 0 Å². The topological polar surface area (TPSA) is 59.4 Å². The van der Waals surface area contributed by atoms with Crippen molar-refractivity contribution in [1.29, 1.82) is 0 Å². The van der Waals surface area contributed by atoms with Crippen LogP contribution < -0.4 is 5.73 Å². The Bertz CT molecular complexity index is 283. The minimum atomic E-state index is -0.402. The van der Waals surface area contributed by atoms with Crippen LogP contribution in [-0.4, -0.2) is 11.7 Å². The predicted octanol–water partition coefficient (Wildman–Crippen LogP) is 1.95. The van der Waals surface area contributed by atoms with Gasteiger partial charge in [-0.3, -0.25) is 0 Å². The monoisotopic (exact) mass is 203 g/mol. The van der Waals surface area contributed by atoms with Crippen molar-refractivity contribution in [3.63, 3.8) is 0 Å². The Balaban J connectivity index is 2.84. The Morgan fingerprint density at radius 3 is 2.62 bits per heavy atom. The number of hydrogen-bond donors (Lipinski definition) is 2. The molecule has 1 aromatic heterocycles. The van der Waals surface area contributed by atoms with Crippen LogP contribution in [0.5, 0.6) is 0 Å². The summed E-state index contributed by atoms with van der Waals surface area (Å²) in [4.78, 5) is 0. The van der Waals surface area contributed by atoms with Crippen LogP contribution >= 0.6 is 11.6 Å². The van der Waals surface area contributed by atoms with Crippen molar-refractivity contribution in [3.8, 4) is 0 Å². The van der Waals surface area contributed by atoms with E-state index in [-0.39, 0.29) is 12.6 Å². The number of hydrogen-bond acceptors (Lipinski definition) is 3. The molecule has 0 aliphatic rings. The lowest BCUT2D eigenvalue weighted by Crippen LogP contribution is -2.32. The number of aliphatic hydroxyl groups is 1. The SMILES string of the molecule is CC(C)(CO)[C@H](N)c1ccc(Cl)o1. The molecular formula is C9H14ClNO2. The second-order valence-corrected chi connectivity index (χ2v) is 4.14. The quantitative estimate of drug-likeness (QED) is 0.790. The first kappa shape index (κ1) is 10.6. The van der Waals surface area contributed by atoms with Gasteiger partial charge in [-0.25, -0.2) is 0 Å². The van der Waals surface area contributed by atoms with Gasteiger partial charge < -0.3 is 15.3 Å². The molecule has 0 aromatic carbocycles. The summed E-state index contributed by atoms with van der Waals surface area (Å²) in [7, 11) is 0. The van der Waals surface area contributed by atoms with E-state index in [9.17, 15) is 0 Å². The molecule has 1 heterocycles. The fraction of sp³-hybridized carbons (Fsp3) is 0.556. The molecule has 1 aromatic rings. The third-order valence-corrected chi connectivity index (χ3v) is 2.35. The van der Waals surface area contributed by atoms with E-state index < -0.39 is 5.41 Å². The Morgan fingerprint density at radius 1 is 1.62 bits per heavy atom. The van der Waals surface area contributed by atoms with Crippen LogP contribution in [0.3, 0.4) is 0 Å². The lowest BCUT2D eigenvalue weighted by Gasteiger charge is -2.27. The highest BCUT2D eigenvalue weighted by atomic mass is 35.5. The number of furan rings is 1. The van der Waals surface area contributed by atoms with E-state index in [1.807, 2.05) is 13.8 Å². The standard InChI is InChI=1S/C9H14ClNO2/c1-9(2,5-12)8(11)6-3-4-7(10)13-6/h3-4,8,12H,5,11H2,1-2H3/t8-/m1/s1. The van der Waals surface area contributed by atoms with Crippen molar-refractivity contribution in [2.45, 2.75) is 19.9 Å². The summed E-state index contributed by atoms with van der Waals surface area (Å²) in [5.74, 6) is 0.601. The van der Waals surface area contributed by atoms with Crippen molar-refractivity contribution in [2.75, 3.05) is 6.61 Å². The van der Waals surface area contributed by atoms with Gasteiger partial charge in [0.15, 0.2) is 5.22 Å². The molecule has 0 aliphatic heterocycles. The molecule has 1 rings (SSSR count). The van der Waals surface area contributed by atoms with Gasteiger partial charge in [-0.1, -0.05) is 13.8 Å². The van der Waals surface area contributed by atoms with E-state index in [0.717, 1.165) is 0 Å². The molecule has 0 fully saturated rings. The molecule has 3 N–H and O–H groups in total. The average molecular weight is 204 g/mol. The summed E-state index contributed by atoms with van der Waals surface area (Å²) in [6.07, 6.45) is 0. The van der Waals surface area contributed by atoms with Crippen molar-refractivity contribution >= 4 is 11.6 Å². The van der Waals surface area contributed by atoms with Gasteiger partial charge in [0.05, 0.1) is 12.6 Å². The van der Waals surface area contributed by atoms with Gasteiger partial charge in [0, 0.05) is 5.41 Å². The number of rotatable bonds is 3. The van der Waals surface area contributed by atoms with Gasteiger partial charge in [0.25, 0.3) is 0 Å². The van der Waals surface area contributed by atoms with Crippen LogP contribution in [0, 0.1) is 5.41 Å². The largest absolute Gasteiger partial charge is 0.448 e. The van der Waals surface area contributed by atoms with Gasteiger partial charge >= 0.3 is 0 Å². The zero-order valence-electron chi connectivity index (χ0n) is 7.75. The summed E-state index contributed by atoms with van der Waals surface area (Å²) < 4.78 is 5.16. The molecule has 0 bridgehead atoms. The first-order valence-corrected chi connectivity index (χ1v) is 4.47. The highest BCUT2D eigenvalue weighted by Gasteiger charge is 2.29. The molecule has 0 aliphatic carbocycles. The number of halogens is 1. The Kier molecular flexibility index (Phi) is 3.01. The average Bonchev–Trinajstić information content (AvgIpc) is 2.50. The van der Waals surface area contributed by atoms with Crippen LogP contribution in [-0.2, 0) is 0 Å². The summed E-state index contributed by atoms with van der Waals surface area (Å²) in [5, 5.41) is 9.40. The molecule has 3 nitrogen and oxygen atoms in total. The minimum Gasteiger partial charge on any atom is -0.448 e. The fourth-order valence-corrected chi connectivity index (χ4v) is 1.13. The molecule has 0 saturated heterocycles. The van der Waals surface area contributed by atoms with Crippen LogP contribution in [0.2, 0.25) is 5.22 Å². The smallest absolute Gasteiger partial charge is 0.193 e. The highest BCUT2D eigenvalue weighted by Crippen LogP contribution is 2.32. The van der Waals surface area contributed by atoms with Crippen molar-refractivity contribution in [3.05, 3.63) is 23.1 Å². The Hall–Kier alpha value is -0.510. The Labute approximate surface area is 82.5 Å². The fourth-order valence-electron chi connectivity index (χ4n) is 0.979. The van der Waals surface area contributed by atoms with Gasteiger partial charge in [0.1, 0.15) is 5.76 Å². The van der Waals surface area contributed by atoms with E-state index >= 15 is 0 Å². The van der Waals surface area contributed by atoms with Crippen molar-refractivity contribution in [2.24, 2.45) is 11.1 Å². The van der Waals surface area contributed by atoms with Gasteiger partial charge in [0.2, 0.25) is 0 Å². The summed E-state index contributed by atoms with van der Waals surface area (Å²) >= 11 is 5.61. The predicted molar refractivity (Wildman–Crippen MR) is 51.5 cm³/mol. The molecule has 0 spiro atoms. The van der Waals surface area contributed by atoms with Crippen LogP contribution in [0.25, 0.3) is 0 Å². The molecule has 0 amide bonds. The van der Waals surface area contributed by atoms with E-state index in [2.05, 4.69) is 0 Å². The van der Waals surface area contributed by atoms with Crippen LogP contribution in [0.1, 0.15) is 25.6 Å². The van der Waals surface area contributed by atoms with E-state index in [0.29, 0.717) is 11.0 Å². The van der Waals surface area contributed by atoms with Gasteiger partial charge in [-0.05, 0) is 23.7 Å². The van der Waals surface area contributed by atoms with E-state index in [4.69, 9.17) is 26.9 Å². The number of aliphatic hydroxyl groups excluding tert-OH is 1. The first-order chi connectivity index (χ1) is 5.97. The minimum absolute atomic E-state index is 0.00643. The van der Waals surface area contributed by atoms with Crippen LogP contribution in [0.4, 0.5) is 0 Å². The Morgan fingerprint density at radius 2 is 2.23 bits per heavy atom. The molecule has 13 heavy (non-hydrogen) atoms. The highest BCUT2D eigenvalue weighted by molar-refractivity contribution is 6.28. The van der Waals surface area contributed by atoms with Crippen LogP contribution in [0.15, 0.2) is 16.5 Å². The maximum atomic E-state index is 9.08. The zero-order valence-corrected chi connectivity index (χ0v) is 8.51. The maximum Gasteiger partial charge on any atom is 0.193 e. The summed E-state index contributed by atoms with van der Waals surface area (Å²) in [6.45, 7) is 3.74. The van der Waals surface area contributed by atoms with E-state index in [1.54, 1.807) is 12.1 Å². The third kappa shape index (κ3) is 2.24. The maximum absolute atomic E-state index is 9.08. The molecular weight excluding hydrogens is 190 g/mol. The molecule has 0 radical (unpaired) electrons. The van der Waals surface area contributed by atoms with Gasteiger partial charge in [-0.2, -0.15) is 0 Å². The zero-order chi connectivity index (χ0) is 10.1. The molecule has 1 atom stereocenters. The normalized spacial score (nSPS) is 14.5. The number of nitrogens with two attached hydrogens (primary N) is 1. The van der Waals surface area contributed by atoms with Crippen molar-refractivity contribution < 1.29 is 9.52 Å². The molecule has 0 unspecified atom stereocenters. The first-order valence-electron chi connectivity index (χ1n) is 4.09. The lowest BCUT2D eigenvalue weighted by molar-refractivity contribution is 0.123. The van der Waals surface area contributed by atoms with Gasteiger partial charge in [-0.15, -0.1) is 0 Å².